The number of rotatable bonds is 3. The second-order valence-corrected chi connectivity index (χ2v) is 7.42. The summed E-state index contributed by atoms with van der Waals surface area (Å²) >= 11 is 1.74. The maximum atomic E-state index is 6.11. The van der Waals surface area contributed by atoms with Gasteiger partial charge in [0.05, 0.1) is 5.39 Å². The van der Waals surface area contributed by atoms with E-state index < -0.39 is 0 Å². The van der Waals surface area contributed by atoms with E-state index in [1.165, 1.54) is 9.58 Å². The van der Waals surface area contributed by atoms with Crippen molar-refractivity contribution in [3.05, 3.63) is 46.8 Å². The quantitative estimate of drug-likeness (QED) is 0.582. The van der Waals surface area contributed by atoms with Crippen LogP contribution in [0.3, 0.4) is 0 Å². The molecule has 1 atom stereocenters. The van der Waals surface area contributed by atoms with Crippen molar-refractivity contribution in [1.82, 2.24) is 9.97 Å². The maximum Gasteiger partial charge on any atom is 0.139 e. The van der Waals surface area contributed by atoms with Crippen molar-refractivity contribution < 1.29 is 4.42 Å². The second-order valence-electron chi connectivity index (χ2n) is 6.13. The Morgan fingerprint density at radius 3 is 2.79 bits per heavy atom. The third kappa shape index (κ3) is 2.49. The highest BCUT2D eigenvalue weighted by Gasteiger charge is 2.16. The van der Waals surface area contributed by atoms with Gasteiger partial charge in [0.25, 0.3) is 0 Å². The topological polar surface area (TPSA) is 91.0 Å². The van der Waals surface area contributed by atoms with Crippen molar-refractivity contribution in [2.45, 2.75) is 26.2 Å². The first-order valence-corrected chi connectivity index (χ1v) is 8.62. The monoisotopic (exact) mass is 338 g/mol. The molecule has 4 aromatic rings. The van der Waals surface area contributed by atoms with Gasteiger partial charge in [-0.2, -0.15) is 0 Å². The minimum atomic E-state index is 0.169. The van der Waals surface area contributed by atoms with Crippen molar-refractivity contribution in [3.8, 4) is 0 Å². The number of pyridine rings is 2. The number of nitrogens with two attached hydrogens (primary N) is 2. The lowest BCUT2D eigenvalue weighted by atomic mass is 10.0. The van der Waals surface area contributed by atoms with Crippen LogP contribution in [0, 0.1) is 6.92 Å². The van der Waals surface area contributed by atoms with E-state index in [0.717, 1.165) is 34.2 Å². The van der Waals surface area contributed by atoms with Crippen molar-refractivity contribution in [3.63, 3.8) is 0 Å². The fraction of sp³-hybridized carbons (Fsp3) is 0.222. The number of aromatic nitrogens is 2. The van der Waals surface area contributed by atoms with E-state index in [1.54, 1.807) is 17.5 Å². The minimum absolute atomic E-state index is 0.169. The van der Waals surface area contributed by atoms with Crippen LogP contribution >= 0.6 is 11.3 Å². The molecule has 0 saturated heterocycles. The van der Waals surface area contributed by atoms with Crippen LogP contribution in [-0.4, -0.2) is 9.97 Å². The van der Waals surface area contributed by atoms with Crippen LogP contribution in [0.1, 0.15) is 29.2 Å². The lowest BCUT2D eigenvalue weighted by Crippen LogP contribution is -2.01. The molecular formula is C18H18N4OS. The zero-order valence-electron chi connectivity index (χ0n) is 13.5. The van der Waals surface area contributed by atoms with Crippen LogP contribution in [0.5, 0.6) is 0 Å². The molecule has 5 nitrogen and oxygen atoms in total. The third-order valence-electron chi connectivity index (χ3n) is 4.22. The summed E-state index contributed by atoms with van der Waals surface area (Å²) in [6.07, 6.45) is 2.41. The molecule has 4 N–H and O–H groups in total. The molecule has 0 aliphatic rings. The van der Waals surface area contributed by atoms with Gasteiger partial charge in [-0.15, -0.1) is 11.3 Å². The number of aryl methyl sites for hydroxylation is 1. The fourth-order valence-corrected chi connectivity index (χ4v) is 4.00. The van der Waals surface area contributed by atoms with E-state index in [9.17, 15) is 0 Å². The van der Waals surface area contributed by atoms with Gasteiger partial charge in [-0.3, -0.25) is 0 Å². The number of thiophene rings is 1. The van der Waals surface area contributed by atoms with E-state index >= 15 is 0 Å². The molecule has 0 aromatic carbocycles. The molecule has 4 aromatic heterocycles. The summed E-state index contributed by atoms with van der Waals surface area (Å²) in [6, 6.07) is 8.02. The summed E-state index contributed by atoms with van der Waals surface area (Å²) in [5.41, 5.74) is 13.8. The molecule has 0 radical (unpaired) electrons. The largest absolute Gasteiger partial charge is 0.461 e. The van der Waals surface area contributed by atoms with Gasteiger partial charge in [-0.1, -0.05) is 6.92 Å². The number of nitrogens with zero attached hydrogens (tertiary/aromatic N) is 2. The fourth-order valence-electron chi connectivity index (χ4n) is 3.00. The summed E-state index contributed by atoms with van der Waals surface area (Å²) < 4.78 is 7.11. The lowest BCUT2D eigenvalue weighted by molar-refractivity contribution is 0.502. The standard InChI is InChI=1S/C18H18N4OS/c1-9(15-8-12-14(23-15)3-4-21-17(12)19)5-11-7-16-13(18(20)22-11)6-10(2)24-16/h3-4,6-9H,5H2,1-2H3,(H2,19,21)(H2,20,22). The van der Waals surface area contributed by atoms with E-state index in [4.69, 9.17) is 15.9 Å². The lowest BCUT2D eigenvalue weighted by Gasteiger charge is -2.09. The van der Waals surface area contributed by atoms with E-state index in [1.807, 2.05) is 12.1 Å². The normalized spacial score (nSPS) is 12.9. The van der Waals surface area contributed by atoms with Gasteiger partial charge < -0.3 is 15.9 Å². The smallest absolute Gasteiger partial charge is 0.139 e. The molecule has 0 spiro atoms. The molecular weight excluding hydrogens is 320 g/mol. The molecule has 0 aliphatic carbocycles. The van der Waals surface area contributed by atoms with Crippen molar-refractivity contribution in [2.24, 2.45) is 0 Å². The molecule has 6 heteroatoms. The van der Waals surface area contributed by atoms with Crippen LogP contribution < -0.4 is 11.5 Å². The van der Waals surface area contributed by atoms with E-state index in [-0.39, 0.29) is 5.92 Å². The van der Waals surface area contributed by atoms with Gasteiger partial charge >= 0.3 is 0 Å². The average Bonchev–Trinajstić information content (AvgIpc) is 3.11. The Morgan fingerprint density at radius 1 is 1.17 bits per heavy atom. The van der Waals surface area contributed by atoms with Gasteiger partial charge in [0.15, 0.2) is 0 Å². The first kappa shape index (κ1) is 15.0. The predicted molar refractivity (Wildman–Crippen MR) is 99.3 cm³/mol. The highest BCUT2D eigenvalue weighted by Crippen LogP contribution is 2.32. The van der Waals surface area contributed by atoms with Gasteiger partial charge in [0, 0.05) is 32.8 Å². The Morgan fingerprint density at radius 2 is 2.00 bits per heavy atom. The van der Waals surface area contributed by atoms with Crippen LogP contribution in [0.25, 0.3) is 21.1 Å². The third-order valence-corrected chi connectivity index (χ3v) is 5.22. The van der Waals surface area contributed by atoms with Crippen LogP contribution in [0.2, 0.25) is 0 Å². The predicted octanol–water partition coefficient (Wildman–Crippen LogP) is 4.26. The molecule has 122 valence electrons. The highest BCUT2D eigenvalue weighted by molar-refractivity contribution is 7.19. The Hall–Kier alpha value is -2.60. The van der Waals surface area contributed by atoms with E-state index in [2.05, 4.69) is 35.9 Å². The second kappa shape index (κ2) is 5.49. The van der Waals surface area contributed by atoms with E-state index in [0.29, 0.717) is 11.6 Å². The van der Waals surface area contributed by atoms with Crippen molar-refractivity contribution in [2.75, 3.05) is 11.5 Å². The molecule has 0 fully saturated rings. The van der Waals surface area contributed by atoms with Crippen LogP contribution in [0.15, 0.2) is 34.9 Å². The van der Waals surface area contributed by atoms with Crippen LogP contribution in [-0.2, 0) is 6.42 Å². The summed E-state index contributed by atoms with van der Waals surface area (Å²) in [5, 5.41) is 1.90. The van der Waals surface area contributed by atoms with Gasteiger partial charge in [0.2, 0.25) is 0 Å². The van der Waals surface area contributed by atoms with Crippen molar-refractivity contribution >= 4 is 44.0 Å². The molecule has 4 rings (SSSR count). The summed E-state index contributed by atoms with van der Waals surface area (Å²) in [4.78, 5) is 9.90. The molecule has 0 bridgehead atoms. The number of fused-ring (bicyclic) bond motifs is 2. The van der Waals surface area contributed by atoms with Gasteiger partial charge in [0.1, 0.15) is 23.0 Å². The van der Waals surface area contributed by atoms with Crippen molar-refractivity contribution in [1.29, 1.82) is 0 Å². The summed E-state index contributed by atoms with van der Waals surface area (Å²) in [6.45, 7) is 4.20. The molecule has 24 heavy (non-hydrogen) atoms. The summed E-state index contributed by atoms with van der Waals surface area (Å²) in [7, 11) is 0. The first-order chi connectivity index (χ1) is 11.5. The minimum Gasteiger partial charge on any atom is -0.461 e. The zero-order valence-corrected chi connectivity index (χ0v) is 14.4. The number of anilines is 2. The number of nitrogen functional groups attached to an aromatic ring is 2. The Bertz CT molecular complexity index is 1050. The SMILES string of the molecule is Cc1cc2c(N)nc(CC(C)c3cc4c(N)nccc4o3)cc2s1. The van der Waals surface area contributed by atoms with Gasteiger partial charge in [-0.05, 0) is 37.6 Å². The highest BCUT2D eigenvalue weighted by atomic mass is 32.1. The summed E-state index contributed by atoms with van der Waals surface area (Å²) in [5.74, 6) is 2.14. The number of hydrogen-bond donors (Lipinski definition) is 2. The Balaban J connectivity index is 1.67. The Labute approximate surface area is 143 Å². The molecule has 1 unspecified atom stereocenters. The van der Waals surface area contributed by atoms with Crippen LogP contribution in [0.4, 0.5) is 11.6 Å². The molecule has 0 amide bonds. The maximum absolute atomic E-state index is 6.11. The van der Waals surface area contributed by atoms with Gasteiger partial charge in [-0.25, -0.2) is 9.97 Å². The number of furan rings is 1. The number of hydrogen-bond acceptors (Lipinski definition) is 6. The zero-order chi connectivity index (χ0) is 16.8. The Kier molecular flexibility index (Phi) is 3.42. The molecule has 4 heterocycles. The molecule has 0 saturated carbocycles. The average molecular weight is 338 g/mol. The molecule has 0 aliphatic heterocycles. The first-order valence-electron chi connectivity index (χ1n) is 7.80.